The number of benzene rings is 2. The average molecular weight is 358 g/mol. The standard InChI is InChI=1S/C20H20ClNO3/c1-24-17-7-2-13(3-8-17)12-22(16-5-6-16)20(23)19-11-14-10-15(21)4-9-18(14)25-19/h2-4,7-10,16,19H,5-6,11-12H2,1H3/t19-/m1/s1. The predicted octanol–water partition coefficient (Wildman–Crippen LogP) is 3.84. The zero-order valence-electron chi connectivity index (χ0n) is 14.1. The maximum Gasteiger partial charge on any atom is 0.264 e. The molecule has 0 bridgehead atoms. The molecule has 1 aliphatic carbocycles. The van der Waals surface area contributed by atoms with Crippen molar-refractivity contribution >= 4 is 17.5 Å². The zero-order valence-corrected chi connectivity index (χ0v) is 14.8. The molecular formula is C20H20ClNO3. The quantitative estimate of drug-likeness (QED) is 0.816. The van der Waals surface area contributed by atoms with Crippen molar-refractivity contribution in [2.45, 2.75) is 38.0 Å². The van der Waals surface area contributed by atoms with E-state index in [2.05, 4.69) is 0 Å². The van der Waals surface area contributed by atoms with Gasteiger partial charge < -0.3 is 14.4 Å². The Morgan fingerprint density at radius 1 is 1.24 bits per heavy atom. The summed E-state index contributed by atoms with van der Waals surface area (Å²) in [5, 5.41) is 0.674. The maximum absolute atomic E-state index is 13.1. The van der Waals surface area contributed by atoms with Crippen LogP contribution >= 0.6 is 11.6 Å². The third-order valence-corrected chi connectivity index (χ3v) is 4.99. The maximum atomic E-state index is 13.1. The number of nitrogens with zero attached hydrogens (tertiary/aromatic N) is 1. The van der Waals surface area contributed by atoms with Gasteiger partial charge in [-0.2, -0.15) is 0 Å². The molecular weight excluding hydrogens is 338 g/mol. The van der Waals surface area contributed by atoms with Crippen molar-refractivity contribution < 1.29 is 14.3 Å². The molecule has 0 N–H and O–H groups in total. The lowest BCUT2D eigenvalue weighted by Gasteiger charge is -2.25. The molecule has 1 aliphatic heterocycles. The molecule has 5 heteroatoms. The van der Waals surface area contributed by atoms with Crippen molar-refractivity contribution in [1.82, 2.24) is 4.90 Å². The molecule has 130 valence electrons. The van der Waals surface area contributed by atoms with Crippen LogP contribution in [-0.4, -0.2) is 30.1 Å². The summed E-state index contributed by atoms with van der Waals surface area (Å²) in [7, 11) is 1.65. The molecule has 1 atom stereocenters. The Morgan fingerprint density at radius 3 is 2.68 bits per heavy atom. The molecule has 1 fully saturated rings. The average Bonchev–Trinajstić information content (AvgIpc) is 3.38. The van der Waals surface area contributed by atoms with Gasteiger partial charge in [0.1, 0.15) is 11.5 Å². The van der Waals surface area contributed by atoms with E-state index >= 15 is 0 Å². The molecule has 4 nitrogen and oxygen atoms in total. The van der Waals surface area contributed by atoms with Crippen molar-refractivity contribution in [2.75, 3.05) is 7.11 Å². The normalized spacial score (nSPS) is 18.4. The van der Waals surface area contributed by atoms with Gasteiger partial charge in [0.25, 0.3) is 5.91 Å². The Kier molecular flexibility index (Phi) is 4.30. The Morgan fingerprint density at radius 2 is 2.00 bits per heavy atom. The molecule has 0 spiro atoms. The highest BCUT2D eigenvalue weighted by atomic mass is 35.5. The molecule has 2 aliphatic rings. The molecule has 4 rings (SSSR count). The molecule has 1 saturated carbocycles. The highest BCUT2D eigenvalue weighted by Gasteiger charge is 2.39. The van der Waals surface area contributed by atoms with Gasteiger partial charge in [-0.1, -0.05) is 23.7 Å². The number of ether oxygens (including phenoxy) is 2. The topological polar surface area (TPSA) is 38.8 Å². The van der Waals surface area contributed by atoms with E-state index in [0.717, 1.165) is 35.5 Å². The van der Waals surface area contributed by atoms with Gasteiger partial charge in [0.2, 0.25) is 0 Å². The van der Waals surface area contributed by atoms with Crippen LogP contribution in [0.4, 0.5) is 0 Å². The van der Waals surface area contributed by atoms with Crippen molar-refractivity contribution in [2.24, 2.45) is 0 Å². The molecule has 1 amide bonds. The molecule has 2 aromatic rings. The highest BCUT2D eigenvalue weighted by molar-refractivity contribution is 6.30. The van der Waals surface area contributed by atoms with Crippen molar-refractivity contribution in [3.8, 4) is 11.5 Å². The van der Waals surface area contributed by atoms with Crippen molar-refractivity contribution in [1.29, 1.82) is 0 Å². The van der Waals surface area contributed by atoms with Crippen molar-refractivity contribution in [3.63, 3.8) is 0 Å². The number of hydrogen-bond donors (Lipinski definition) is 0. The first kappa shape index (κ1) is 16.3. The van der Waals surface area contributed by atoms with Crippen LogP contribution < -0.4 is 9.47 Å². The van der Waals surface area contributed by atoms with Crippen molar-refractivity contribution in [3.05, 3.63) is 58.6 Å². The lowest BCUT2D eigenvalue weighted by molar-refractivity contribution is -0.139. The second-order valence-corrected chi connectivity index (χ2v) is 7.04. The van der Waals surface area contributed by atoms with Gasteiger partial charge in [0.15, 0.2) is 6.10 Å². The van der Waals surface area contributed by atoms with Crippen LogP contribution in [0.2, 0.25) is 5.02 Å². The lowest BCUT2D eigenvalue weighted by Crippen LogP contribution is -2.42. The SMILES string of the molecule is COc1ccc(CN(C(=O)[C@H]2Cc3cc(Cl)ccc3O2)C2CC2)cc1. The summed E-state index contributed by atoms with van der Waals surface area (Å²) in [6.45, 7) is 0.602. The smallest absolute Gasteiger partial charge is 0.264 e. The number of carbonyl (C=O) groups excluding carboxylic acids is 1. The van der Waals surface area contributed by atoms with Crippen LogP contribution in [0.1, 0.15) is 24.0 Å². The summed E-state index contributed by atoms with van der Waals surface area (Å²) in [6.07, 6.45) is 2.26. The number of fused-ring (bicyclic) bond motifs is 1. The molecule has 0 aromatic heterocycles. The number of carbonyl (C=O) groups is 1. The van der Waals surface area contributed by atoms with Gasteiger partial charge in [-0.15, -0.1) is 0 Å². The van der Waals surface area contributed by atoms with E-state index in [1.807, 2.05) is 41.3 Å². The van der Waals surface area contributed by atoms with Crippen LogP contribution in [0.25, 0.3) is 0 Å². The first-order valence-electron chi connectivity index (χ1n) is 8.52. The van der Waals surface area contributed by atoms with E-state index in [1.165, 1.54) is 0 Å². The molecule has 2 aromatic carbocycles. The first-order valence-corrected chi connectivity index (χ1v) is 8.90. The molecule has 0 unspecified atom stereocenters. The Bertz CT molecular complexity index is 786. The summed E-state index contributed by atoms with van der Waals surface area (Å²) in [4.78, 5) is 15.0. The summed E-state index contributed by atoms with van der Waals surface area (Å²) in [5.74, 6) is 1.65. The summed E-state index contributed by atoms with van der Waals surface area (Å²) in [6, 6.07) is 13.7. The van der Waals surface area contributed by atoms with Crippen LogP contribution in [0, 0.1) is 0 Å². The van der Waals surface area contributed by atoms with Gasteiger partial charge in [0, 0.05) is 24.0 Å². The first-order chi connectivity index (χ1) is 12.1. The van der Waals surface area contributed by atoms with Gasteiger partial charge in [0.05, 0.1) is 7.11 Å². The largest absolute Gasteiger partial charge is 0.497 e. The second kappa shape index (κ2) is 6.60. The third kappa shape index (κ3) is 3.45. The van der Waals surface area contributed by atoms with Gasteiger partial charge in [-0.3, -0.25) is 4.79 Å². The van der Waals surface area contributed by atoms with Crippen LogP contribution in [0.3, 0.4) is 0 Å². The number of methoxy groups -OCH3 is 1. The van der Waals surface area contributed by atoms with Gasteiger partial charge in [-0.05, 0) is 54.3 Å². The van der Waals surface area contributed by atoms with E-state index < -0.39 is 6.10 Å². The Balaban J connectivity index is 1.48. The van der Waals surface area contributed by atoms with E-state index in [9.17, 15) is 4.79 Å². The number of amides is 1. The molecule has 0 radical (unpaired) electrons. The highest BCUT2D eigenvalue weighted by Crippen LogP contribution is 2.35. The summed E-state index contributed by atoms with van der Waals surface area (Å²) < 4.78 is 11.1. The van der Waals surface area contributed by atoms with E-state index in [0.29, 0.717) is 24.0 Å². The number of rotatable bonds is 5. The minimum atomic E-state index is -0.452. The summed E-state index contributed by atoms with van der Waals surface area (Å²) >= 11 is 6.04. The van der Waals surface area contributed by atoms with E-state index in [4.69, 9.17) is 21.1 Å². The monoisotopic (exact) mass is 357 g/mol. The molecule has 0 saturated heterocycles. The van der Waals surface area contributed by atoms with Crippen LogP contribution in [0.5, 0.6) is 11.5 Å². The third-order valence-electron chi connectivity index (χ3n) is 4.76. The fourth-order valence-electron chi connectivity index (χ4n) is 3.24. The van der Waals surface area contributed by atoms with Gasteiger partial charge in [-0.25, -0.2) is 0 Å². The minimum absolute atomic E-state index is 0.0608. The Hall–Kier alpha value is -2.20. The number of hydrogen-bond acceptors (Lipinski definition) is 3. The fourth-order valence-corrected chi connectivity index (χ4v) is 3.44. The zero-order chi connectivity index (χ0) is 17.4. The summed E-state index contributed by atoms with van der Waals surface area (Å²) in [5.41, 5.74) is 2.10. The molecule has 1 heterocycles. The Labute approximate surface area is 152 Å². The van der Waals surface area contributed by atoms with E-state index in [1.54, 1.807) is 13.2 Å². The van der Waals surface area contributed by atoms with E-state index in [-0.39, 0.29) is 5.91 Å². The second-order valence-electron chi connectivity index (χ2n) is 6.61. The predicted molar refractivity (Wildman–Crippen MR) is 96.1 cm³/mol. The fraction of sp³-hybridized carbons (Fsp3) is 0.350. The van der Waals surface area contributed by atoms with Crippen LogP contribution in [-0.2, 0) is 17.8 Å². The van der Waals surface area contributed by atoms with Crippen LogP contribution in [0.15, 0.2) is 42.5 Å². The number of halogens is 1. The van der Waals surface area contributed by atoms with Gasteiger partial charge >= 0.3 is 0 Å². The minimum Gasteiger partial charge on any atom is -0.497 e. The molecule has 25 heavy (non-hydrogen) atoms. The lowest BCUT2D eigenvalue weighted by atomic mass is 10.1.